The molecule has 0 aromatic heterocycles. The van der Waals surface area contributed by atoms with Gasteiger partial charge in [0.1, 0.15) is 6.73 Å². The van der Waals surface area contributed by atoms with Crippen LogP contribution in [-0.2, 0) is 16.1 Å². The number of alkyl halides is 1. The van der Waals surface area contributed by atoms with E-state index >= 15 is 0 Å². The van der Waals surface area contributed by atoms with Crippen LogP contribution in [0, 0.1) is 0 Å². The zero-order chi connectivity index (χ0) is 11.7. The number of rotatable bonds is 1. The molecule has 0 saturated carbocycles. The Morgan fingerprint density at radius 1 is 1.50 bits per heavy atom. The third-order valence-corrected chi connectivity index (χ3v) is 3.19. The highest BCUT2D eigenvalue weighted by atomic mass is 35.5. The smallest absolute Gasteiger partial charge is 0.260 e. The average molecular weight is 264 g/mol. The molecular formula is C10H8Cl2FNO2. The largest absolute Gasteiger partial charge is 0.356 e. The van der Waals surface area contributed by atoms with Gasteiger partial charge in [0.05, 0.1) is 22.3 Å². The third-order valence-electron chi connectivity index (χ3n) is 2.34. The van der Waals surface area contributed by atoms with Crippen molar-refractivity contribution in [2.45, 2.75) is 6.61 Å². The molecule has 0 bridgehead atoms. The van der Waals surface area contributed by atoms with Crippen molar-refractivity contribution in [1.29, 1.82) is 0 Å². The minimum absolute atomic E-state index is 0.0354. The van der Waals surface area contributed by atoms with Crippen molar-refractivity contribution in [3.05, 3.63) is 27.7 Å². The van der Waals surface area contributed by atoms with Crippen molar-refractivity contribution < 1.29 is 13.9 Å². The SMILES string of the molecule is O=C(CF)N1COCc2c1ccc(Cl)c2Cl. The first-order valence-electron chi connectivity index (χ1n) is 4.56. The summed E-state index contributed by atoms with van der Waals surface area (Å²) in [5.41, 5.74) is 1.17. The number of carbonyl (C=O) groups is 1. The van der Waals surface area contributed by atoms with E-state index in [1.165, 1.54) is 4.90 Å². The van der Waals surface area contributed by atoms with Gasteiger partial charge in [0.2, 0.25) is 0 Å². The maximum Gasteiger partial charge on any atom is 0.260 e. The molecule has 0 atom stereocenters. The Hall–Kier alpha value is -0.840. The predicted octanol–water partition coefficient (Wildman–Crippen LogP) is 2.78. The Morgan fingerprint density at radius 3 is 2.94 bits per heavy atom. The van der Waals surface area contributed by atoms with E-state index in [4.69, 9.17) is 27.9 Å². The molecule has 86 valence electrons. The maximum absolute atomic E-state index is 12.3. The summed E-state index contributed by atoms with van der Waals surface area (Å²) in [5.74, 6) is -0.653. The zero-order valence-electron chi connectivity index (χ0n) is 8.17. The highest BCUT2D eigenvalue weighted by Gasteiger charge is 2.25. The van der Waals surface area contributed by atoms with Crippen molar-refractivity contribution in [3.8, 4) is 0 Å². The molecular weight excluding hydrogens is 256 g/mol. The van der Waals surface area contributed by atoms with Crippen molar-refractivity contribution in [1.82, 2.24) is 0 Å². The van der Waals surface area contributed by atoms with Crippen LogP contribution in [0.4, 0.5) is 10.1 Å². The van der Waals surface area contributed by atoms with E-state index in [0.717, 1.165) is 0 Å². The molecule has 0 aliphatic carbocycles. The topological polar surface area (TPSA) is 29.5 Å². The molecule has 0 spiro atoms. The third kappa shape index (κ3) is 1.88. The average Bonchev–Trinajstić information content (AvgIpc) is 2.32. The van der Waals surface area contributed by atoms with Crippen LogP contribution in [-0.4, -0.2) is 19.3 Å². The van der Waals surface area contributed by atoms with Crippen LogP contribution in [0.15, 0.2) is 12.1 Å². The fourth-order valence-electron chi connectivity index (χ4n) is 1.56. The molecule has 6 heteroatoms. The second-order valence-corrected chi connectivity index (χ2v) is 4.08. The molecule has 2 rings (SSSR count). The number of halogens is 3. The van der Waals surface area contributed by atoms with E-state index in [9.17, 15) is 9.18 Å². The number of carbonyl (C=O) groups excluding carboxylic acids is 1. The summed E-state index contributed by atoms with van der Waals surface area (Å²) in [5, 5.41) is 0.731. The number of fused-ring (bicyclic) bond motifs is 1. The fraction of sp³-hybridized carbons (Fsp3) is 0.300. The highest BCUT2D eigenvalue weighted by molar-refractivity contribution is 6.42. The minimum Gasteiger partial charge on any atom is -0.356 e. The molecule has 1 aliphatic heterocycles. The summed E-state index contributed by atoms with van der Waals surface area (Å²) in [4.78, 5) is 12.5. The van der Waals surface area contributed by atoms with Crippen molar-refractivity contribution >= 4 is 34.8 Å². The molecule has 0 unspecified atom stereocenters. The van der Waals surface area contributed by atoms with Gasteiger partial charge < -0.3 is 4.74 Å². The van der Waals surface area contributed by atoms with E-state index in [2.05, 4.69) is 0 Å². The Kier molecular flexibility index (Phi) is 3.33. The van der Waals surface area contributed by atoms with Crippen LogP contribution in [0.1, 0.15) is 5.56 Å². The minimum atomic E-state index is -1.07. The van der Waals surface area contributed by atoms with E-state index in [1.54, 1.807) is 12.1 Å². The molecule has 1 aliphatic rings. The molecule has 0 radical (unpaired) electrons. The van der Waals surface area contributed by atoms with Gasteiger partial charge in [0.15, 0.2) is 6.67 Å². The second-order valence-electron chi connectivity index (χ2n) is 3.29. The van der Waals surface area contributed by atoms with Crippen LogP contribution in [0.25, 0.3) is 0 Å². The number of hydrogen-bond donors (Lipinski definition) is 0. The summed E-state index contributed by atoms with van der Waals surface area (Å²) >= 11 is 11.8. The quantitative estimate of drug-likeness (QED) is 0.780. The summed E-state index contributed by atoms with van der Waals surface area (Å²) in [7, 11) is 0. The van der Waals surface area contributed by atoms with Crippen LogP contribution in [0.3, 0.4) is 0 Å². The molecule has 1 aromatic rings. The molecule has 1 heterocycles. The Morgan fingerprint density at radius 2 is 2.25 bits per heavy atom. The second kappa shape index (κ2) is 4.57. The number of hydrogen-bond acceptors (Lipinski definition) is 2. The van der Waals surface area contributed by atoms with Crippen LogP contribution in [0.5, 0.6) is 0 Å². The monoisotopic (exact) mass is 263 g/mol. The van der Waals surface area contributed by atoms with Gasteiger partial charge in [-0.2, -0.15) is 0 Å². The van der Waals surface area contributed by atoms with Gasteiger partial charge in [-0.25, -0.2) is 4.39 Å². The Bertz CT molecular complexity index is 439. The molecule has 0 saturated heterocycles. The molecule has 1 aromatic carbocycles. The number of ether oxygens (including phenoxy) is 1. The first-order chi connectivity index (χ1) is 7.65. The molecule has 0 N–H and O–H groups in total. The van der Waals surface area contributed by atoms with Gasteiger partial charge in [-0.05, 0) is 12.1 Å². The standard InChI is InChI=1S/C10H8Cl2FNO2/c11-7-1-2-8-6(10(7)12)4-16-5-14(8)9(15)3-13/h1-2H,3-5H2. The number of anilines is 1. The highest BCUT2D eigenvalue weighted by Crippen LogP contribution is 2.36. The Balaban J connectivity index is 2.47. The van der Waals surface area contributed by atoms with Gasteiger partial charge in [-0.15, -0.1) is 0 Å². The fourth-order valence-corrected chi connectivity index (χ4v) is 1.95. The maximum atomic E-state index is 12.3. The summed E-state index contributed by atoms with van der Waals surface area (Å²) in [6, 6.07) is 3.21. The first kappa shape index (κ1) is 11.6. The lowest BCUT2D eigenvalue weighted by Crippen LogP contribution is -2.37. The van der Waals surface area contributed by atoms with Crippen molar-refractivity contribution in [3.63, 3.8) is 0 Å². The van der Waals surface area contributed by atoms with Gasteiger partial charge in [-0.3, -0.25) is 9.69 Å². The van der Waals surface area contributed by atoms with Crippen molar-refractivity contribution in [2.75, 3.05) is 18.3 Å². The van der Waals surface area contributed by atoms with E-state index in [-0.39, 0.29) is 13.3 Å². The van der Waals surface area contributed by atoms with Crippen molar-refractivity contribution in [2.24, 2.45) is 0 Å². The number of benzene rings is 1. The normalized spacial score (nSPS) is 14.8. The van der Waals surface area contributed by atoms with Gasteiger partial charge in [0.25, 0.3) is 5.91 Å². The molecule has 3 nitrogen and oxygen atoms in total. The van der Waals surface area contributed by atoms with Crippen LogP contribution >= 0.6 is 23.2 Å². The predicted molar refractivity (Wildman–Crippen MR) is 59.6 cm³/mol. The van der Waals surface area contributed by atoms with E-state index in [0.29, 0.717) is 21.3 Å². The lowest BCUT2D eigenvalue weighted by molar-refractivity contribution is -0.121. The lowest BCUT2D eigenvalue weighted by Gasteiger charge is -2.29. The van der Waals surface area contributed by atoms with Gasteiger partial charge >= 0.3 is 0 Å². The van der Waals surface area contributed by atoms with Gasteiger partial charge in [-0.1, -0.05) is 23.2 Å². The lowest BCUT2D eigenvalue weighted by atomic mass is 10.1. The molecule has 16 heavy (non-hydrogen) atoms. The zero-order valence-corrected chi connectivity index (χ0v) is 9.69. The summed E-state index contributed by atoms with van der Waals surface area (Å²) in [6.07, 6.45) is 0. The van der Waals surface area contributed by atoms with E-state index in [1.807, 2.05) is 0 Å². The molecule has 1 amide bonds. The van der Waals surface area contributed by atoms with E-state index < -0.39 is 12.6 Å². The van der Waals surface area contributed by atoms with Crippen LogP contribution < -0.4 is 4.90 Å². The Labute approximate surface area is 102 Å². The number of amides is 1. The summed E-state index contributed by atoms with van der Waals surface area (Å²) < 4.78 is 17.5. The van der Waals surface area contributed by atoms with Crippen LogP contribution in [0.2, 0.25) is 10.0 Å². The first-order valence-corrected chi connectivity index (χ1v) is 5.31. The molecule has 0 fully saturated rings. The number of nitrogens with zero attached hydrogens (tertiary/aromatic N) is 1. The summed E-state index contributed by atoms with van der Waals surface area (Å²) in [6.45, 7) is -0.762. The van der Waals surface area contributed by atoms with Gasteiger partial charge in [0, 0.05) is 5.56 Å².